The van der Waals surface area contributed by atoms with Crippen LogP contribution in [-0.2, 0) is 17.6 Å². The van der Waals surface area contributed by atoms with Crippen LogP contribution in [0.2, 0.25) is 13.3 Å². The molecule has 0 bridgehead atoms. The summed E-state index contributed by atoms with van der Waals surface area (Å²) in [6.45, 7) is 20.8. The fourth-order valence-corrected chi connectivity index (χ4v) is 30.2. The molecule has 0 radical (unpaired) electrons. The van der Waals surface area contributed by atoms with Gasteiger partial charge in [-0.25, -0.2) is 10.7 Å². The molecule has 0 saturated heterocycles. The van der Waals surface area contributed by atoms with Gasteiger partial charge in [-0.05, 0) is 152 Å². The third kappa shape index (κ3) is 46.0. The SMILES string of the molecule is Brc1ccc(-c2cc(-c3ccc(Br)cc3)on2)cc1.C.C=CCc1ccc(-c2cc(-c3ccc(CC=C)cc3)on2)cc1.C=C[CH2][SnH]([CH2]CCC)[CH2]CCC.CCC(c1ccc(-c2cc(-c3ccc(C(CC)[Si](Cl)(Cl)Cl)cc3)on2)cc1)[Si](Cl)(Cl)Cl.COC(=O)c1ccc(Br)cc1.Cc1ccc(Br)cc1.Cl.Cl[SiH](Cl)Cl.NO.O=C(CCOc1ccc(Br)cc1)c1ccc(Br)cc1. The average molecular weight is 2520 g/mol. The summed E-state index contributed by atoms with van der Waals surface area (Å²) in [5, 5.41) is 19.0. The van der Waals surface area contributed by atoms with Crippen LogP contribution in [0.1, 0.15) is 140 Å². The number of aromatic nitrogens is 3. The van der Waals surface area contributed by atoms with Crippen LogP contribution in [0.3, 0.4) is 0 Å². The number of nitrogens with zero attached hydrogens (tertiary/aromatic N) is 3. The van der Waals surface area contributed by atoms with Crippen molar-refractivity contribution in [1.82, 2.24) is 15.5 Å². The zero-order chi connectivity index (χ0) is 94.9. The van der Waals surface area contributed by atoms with Crippen molar-refractivity contribution < 1.29 is 37.8 Å². The molecule has 3 heterocycles. The van der Waals surface area contributed by atoms with E-state index in [1.54, 1.807) is 33.1 Å². The van der Waals surface area contributed by atoms with Gasteiger partial charge in [-0.15, -0.1) is 125 Å². The number of rotatable bonds is 30. The number of hydrogen-bond acceptors (Lipinski definition) is 12. The van der Waals surface area contributed by atoms with Gasteiger partial charge in [-0.2, -0.15) is 0 Å². The molecule has 0 amide bonds. The van der Waals surface area contributed by atoms with Gasteiger partial charge in [0.1, 0.15) is 22.8 Å². The number of unbranched alkanes of at least 4 members (excludes halogenated alkanes) is 2. The molecule has 13 aromatic rings. The third-order valence-electron chi connectivity index (χ3n) is 19.1. The first kappa shape index (κ1) is 120. The van der Waals surface area contributed by atoms with E-state index in [0.717, 1.165) is 131 Å². The number of halogens is 16. The van der Waals surface area contributed by atoms with E-state index in [4.69, 9.17) is 123 Å². The van der Waals surface area contributed by atoms with Crippen LogP contribution >= 0.6 is 208 Å². The second kappa shape index (κ2) is 66.6. The van der Waals surface area contributed by atoms with E-state index in [2.05, 4.69) is 229 Å². The van der Waals surface area contributed by atoms with Crippen molar-refractivity contribution in [3.05, 3.63) is 365 Å². The van der Waals surface area contributed by atoms with Gasteiger partial charge in [0.05, 0.1) is 19.3 Å². The van der Waals surface area contributed by atoms with Gasteiger partial charge in [-0.1, -0.05) is 296 Å². The van der Waals surface area contributed by atoms with Crippen LogP contribution in [0.5, 0.6) is 5.75 Å². The van der Waals surface area contributed by atoms with Crippen LogP contribution in [0.25, 0.3) is 67.7 Å². The van der Waals surface area contributed by atoms with Gasteiger partial charge in [0, 0.05) is 101 Å². The maximum atomic E-state index is 11.9. The molecule has 3 N–H and O–H groups in total. The topological polar surface area (TPSA) is 177 Å². The van der Waals surface area contributed by atoms with Crippen molar-refractivity contribution >= 4 is 258 Å². The Labute approximate surface area is 882 Å². The summed E-state index contributed by atoms with van der Waals surface area (Å²) < 4.78 is 37.3. The quantitative estimate of drug-likeness (QED) is 0.0109. The Bertz CT molecular complexity index is 5150. The number of allylic oxidation sites excluding steroid dienone is 3. The second-order valence-electron chi connectivity index (χ2n) is 28.6. The Morgan fingerprint density at radius 2 is 0.748 bits per heavy atom. The minimum atomic E-state index is -2.83. The molecule has 131 heavy (non-hydrogen) atoms. The van der Waals surface area contributed by atoms with Crippen molar-refractivity contribution in [3.63, 3.8) is 0 Å². The van der Waals surface area contributed by atoms with Crippen LogP contribution in [0, 0.1) is 6.92 Å². The van der Waals surface area contributed by atoms with Gasteiger partial charge in [-0.3, -0.25) is 4.79 Å². The minimum Gasteiger partial charge on any atom is -0.493 e. The first-order chi connectivity index (χ1) is 61.8. The predicted octanol–water partition coefficient (Wildman–Crippen LogP) is 36.1. The Hall–Kier alpha value is -4.86. The molecule has 13 rings (SSSR count). The number of Topliss-reactive ketones (excluding diaryl/α,β-unsaturated/α-hetero) is 1. The number of hydrogen-bond donors (Lipinski definition) is 2. The molecule has 32 heteroatoms. The molecule has 10 aromatic carbocycles. The van der Waals surface area contributed by atoms with Gasteiger partial charge < -0.3 is 28.3 Å². The molecule has 2 unspecified atom stereocenters. The molecule has 0 aliphatic carbocycles. The first-order valence-corrected chi connectivity index (χ1v) is 68.2. The number of ketones is 1. The Morgan fingerprint density at radius 3 is 1.05 bits per heavy atom. The van der Waals surface area contributed by atoms with E-state index in [-0.39, 0.29) is 42.7 Å². The molecule has 700 valence electrons. The molecular formula is C99H108Br6Cl10N4O8Si3Sn. The zero-order valence-electron chi connectivity index (χ0n) is 72.5. The first-order valence-electron chi connectivity index (χ1n) is 41.0. The van der Waals surface area contributed by atoms with E-state index in [0.29, 0.717) is 29.9 Å². The van der Waals surface area contributed by atoms with Crippen LogP contribution < -0.4 is 10.6 Å². The summed E-state index contributed by atoms with van der Waals surface area (Å²) in [5.41, 5.74) is 15.4. The second-order valence-corrected chi connectivity index (χ2v) is 67.9. The van der Waals surface area contributed by atoms with Crippen LogP contribution in [-0.4, -0.2) is 84.6 Å². The third-order valence-corrected chi connectivity index (χ3v) is 40.0. The van der Waals surface area contributed by atoms with Gasteiger partial charge in [0.2, 0.25) is 0 Å². The van der Waals surface area contributed by atoms with E-state index in [1.807, 2.05) is 202 Å². The van der Waals surface area contributed by atoms with Gasteiger partial charge in [0.15, 0.2) is 23.1 Å². The minimum absolute atomic E-state index is 0. The molecule has 2 atom stereocenters. The van der Waals surface area contributed by atoms with Crippen molar-refractivity contribution in [1.29, 1.82) is 0 Å². The normalized spacial score (nSPS) is 10.9. The standard InChI is InChI=1S/C21H21Cl6NOSi2.C21H19NO.C15H9Br2NO.C15H12Br2O2.C8H7BrO2.C7H7Br.2C4H9.C3H5.CH4.Cl3HSi.ClH.H3NO.Sn.H/c1-3-20(30(22,23)24)16-9-5-14(6-10-16)18-13-19(29-28-18)15-7-11-17(12-8-15)21(4-2)31(25,26)27;1-3-5-16-7-11-18(12-8-16)20-15-21(23-22-20)19-13-9-17(6-4-2)10-14-19;16-12-5-1-10(2-6-12)14-9-15(19-18-14)11-3-7-13(17)8-4-11;16-12-3-1-11(2-4-12)15(18)9-10-19-14-7-5-13(17)6-8-14;1-11-8(10)6-2-4-7(9)5-3-6;1-6-2-4-7(8)5-3-6;2*1-3-4-2;1-3-2;;1-4(2)3;;1-2;;/h5-13,20-21H,3-4H2,1-2H3;3-4,7-15H,1-2,5-6H2;1-9H;1-8H,9-10H2;2-5H,1H3;2-5H,1H3;2*1,3-4H2,2H3;3H,1-2H2;1H4;4H;1H;2H,1H2;;. The van der Waals surface area contributed by atoms with Crippen LogP contribution in [0.4, 0.5) is 0 Å². The number of carbonyl (C=O) groups excluding carboxylic acids is 2. The summed E-state index contributed by atoms with van der Waals surface area (Å²) in [7, 11) is 1.37. The molecular weight excluding hydrogens is 2410 g/mol. The van der Waals surface area contributed by atoms with Gasteiger partial charge >= 0.3 is 110 Å². The molecule has 12 nitrogen and oxygen atoms in total. The number of nitrogens with two attached hydrogens (primary N) is 1. The predicted molar refractivity (Wildman–Crippen MR) is 591 cm³/mol. The van der Waals surface area contributed by atoms with Crippen molar-refractivity contribution in [3.8, 4) is 73.5 Å². The van der Waals surface area contributed by atoms with Crippen LogP contribution in [0.15, 0.2) is 339 Å². The Morgan fingerprint density at radius 1 is 0.458 bits per heavy atom. The Kier molecular flexibility index (Phi) is 61.2. The smallest absolute Gasteiger partial charge is 0.348 e. The molecule has 0 spiro atoms. The zero-order valence-corrected chi connectivity index (χ0v) is 96.1. The van der Waals surface area contributed by atoms with Crippen molar-refractivity contribution in [2.45, 2.75) is 124 Å². The largest absolute Gasteiger partial charge is 0.493 e. The van der Waals surface area contributed by atoms with E-state index in [9.17, 15) is 9.59 Å². The maximum absolute atomic E-state index is 11.9. The number of esters is 1. The summed E-state index contributed by atoms with van der Waals surface area (Å²) in [6.07, 6.45) is 15.4. The summed E-state index contributed by atoms with van der Waals surface area (Å²) in [5.74, 6) is 6.27. The Balaban J connectivity index is 0.000000402. The van der Waals surface area contributed by atoms with Crippen molar-refractivity contribution in [2.75, 3.05) is 13.7 Å². The fourth-order valence-electron chi connectivity index (χ4n) is 12.3. The molecule has 0 saturated carbocycles. The average Bonchev–Trinajstić information content (AvgIpc) is 1.72. The molecule has 3 aromatic heterocycles. The number of aryl methyl sites for hydroxylation is 1. The maximum Gasteiger partial charge on any atom is 0.348 e. The number of ether oxygens (including phenoxy) is 2. The van der Waals surface area contributed by atoms with E-state index in [1.165, 1.54) is 53.9 Å². The summed E-state index contributed by atoms with van der Waals surface area (Å²) in [4.78, 5) is 22.8. The van der Waals surface area contributed by atoms with E-state index < -0.39 is 38.5 Å². The van der Waals surface area contributed by atoms with Crippen molar-refractivity contribution in [2.24, 2.45) is 5.90 Å². The number of methoxy groups -OCH3 is 1. The van der Waals surface area contributed by atoms with Gasteiger partial charge in [0.25, 0.3) is 0 Å². The molecule has 0 fully saturated rings. The monoisotopic (exact) mass is 2510 g/mol. The number of carbonyl (C=O) groups is 2. The molecule has 0 aliphatic heterocycles. The number of benzene rings is 10. The fraction of sp³-hybridized carbons (Fsp3) is 0.222. The summed E-state index contributed by atoms with van der Waals surface area (Å²) >= 11 is 71.4. The van der Waals surface area contributed by atoms with E-state index >= 15 is 0 Å². The summed E-state index contributed by atoms with van der Waals surface area (Å²) in [6, 6.07) is 78.7. The molecule has 0 aliphatic rings.